The van der Waals surface area contributed by atoms with Crippen LogP contribution in [0.1, 0.15) is 0 Å². The maximum atomic E-state index is 2.53. The maximum absolute atomic E-state index is 2.53. The minimum absolute atomic E-state index is 0.00835. The lowest BCUT2D eigenvalue weighted by Gasteiger charge is -2.44. The van der Waals surface area contributed by atoms with Crippen molar-refractivity contribution in [1.29, 1.82) is 0 Å². The molecule has 0 amide bonds. The first-order valence-corrected chi connectivity index (χ1v) is 19.1. The number of hydrogen-bond acceptors (Lipinski definition) is 2. The number of rotatable bonds is 3. The van der Waals surface area contributed by atoms with Gasteiger partial charge in [0, 0.05) is 67.3 Å². The molecule has 2 aliphatic heterocycles. The molecule has 0 radical (unpaired) electrons. The van der Waals surface area contributed by atoms with Gasteiger partial charge in [0.05, 0.1) is 27.8 Å². The molecule has 11 aromatic rings. The van der Waals surface area contributed by atoms with Crippen LogP contribution in [0.25, 0.3) is 54.7 Å². The molecule has 5 heteroatoms. The van der Waals surface area contributed by atoms with Crippen LogP contribution in [-0.4, -0.2) is 15.7 Å². The van der Waals surface area contributed by atoms with Crippen LogP contribution in [0.5, 0.6) is 0 Å². The van der Waals surface area contributed by atoms with Crippen molar-refractivity contribution < 1.29 is 0 Å². The van der Waals surface area contributed by atoms with E-state index in [9.17, 15) is 0 Å². The summed E-state index contributed by atoms with van der Waals surface area (Å²) < 4.78 is 4.90. The second-order valence-corrected chi connectivity index (χ2v) is 14.9. The first kappa shape index (κ1) is 29.2. The Balaban J connectivity index is 1.20. The first-order valence-electron chi connectivity index (χ1n) is 19.1. The molecule has 0 saturated carbocycles. The molecule has 8 aromatic carbocycles. The van der Waals surface area contributed by atoms with Crippen molar-refractivity contribution in [3.8, 4) is 5.69 Å². The van der Waals surface area contributed by atoms with Crippen LogP contribution in [0.4, 0.5) is 34.1 Å². The predicted molar refractivity (Wildman–Crippen MR) is 232 cm³/mol. The van der Waals surface area contributed by atoms with E-state index in [0.29, 0.717) is 0 Å². The molecule has 4 nitrogen and oxygen atoms in total. The fourth-order valence-corrected chi connectivity index (χ4v) is 10.1. The minimum atomic E-state index is -0.00835. The van der Waals surface area contributed by atoms with Crippen molar-refractivity contribution in [2.45, 2.75) is 0 Å². The Labute approximate surface area is 317 Å². The second kappa shape index (κ2) is 10.7. The zero-order chi connectivity index (χ0) is 35.8. The topological polar surface area (TPSA) is 15.8 Å². The van der Waals surface area contributed by atoms with E-state index in [1.54, 1.807) is 0 Å². The van der Waals surface area contributed by atoms with Gasteiger partial charge in [0.25, 0.3) is 6.71 Å². The smallest absolute Gasteiger partial charge is 0.252 e. The van der Waals surface area contributed by atoms with Gasteiger partial charge in [-0.25, -0.2) is 0 Å². The van der Waals surface area contributed by atoms with Crippen molar-refractivity contribution in [3.05, 3.63) is 188 Å². The lowest BCUT2D eigenvalue weighted by Crippen LogP contribution is -2.61. The third-order valence-electron chi connectivity index (χ3n) is 12.2. The Morgan fingerprint density at radius 3 is 1.76 bits per heavy atom. The lowest BCUT2D eigenvalue weighted by atomic mass is 9.33. The van der Waals surface area contributed by atoms with E-state index in [1.165, 1.54) is 88.1 Å². The van der Waals surface area contributed by atoms with Crippen LogP contribution in [0.15, 0.2) is 188 Å². The van der Waals surface area contributed by atoms with Crippen LogP contribution < -0.4 is 26.2 Å². The molecule has 254 valence electrons. The van der Waals surface area contributed by atoms with Crippen LogP contribution in [0.2, 0.25) is 0 Å². The Morgan fingerprint density at radius 2 is 1.00 bits per heavy atom. The molecule has 5 heterocycles. The molecular formula is C50H31BN4. The molecule has 55 heavy (non-hydrogen) atoms. The zero-order valence-electron chi connectivity index (χ0n) is 29.8. The maximum Gasteiger partial charge on any atom is 0.252 e. The highest BCUT2D eigenvalue weighted by Crippen LogP contribution is 2.48. The van der Waals surface area contributed by atoms with Gasteiger partial charge in [0.15, 0.2) is 0 Å². The lowest BCUT2D eigenvalue weighted by molar-refractivity contribution is 1.12. The monoisotopic (exact) mass is 698 g/mol. The number of hydrogen-bond donors (Lipinski definition) is 0. The molecule has 0 atom stereocenters. The summed E-state index contributed by atoms with van der Waals surface area (Å²) in [6.07, 6.45) is 2.23. The number of anilines is 6. The summed E-state index contributed by atoms with van der Waals surface area (Å²) in [7, 11) is 0. The largest absolute Gasteiger partial charge is 0.315 e. The molecule has 0 aliphatic carbocycles. The number of fused-ring (bicyclic) bond motifs is 12. The number of benzene rings is 8. The summed E-state index contributed by atoms with van der Waals surface area (Å²) in [4.78, 5) is 5.03. The normalized spacial score (nSPS) is 13.3. The van der Waals surface area contributed by atoms with E-state index in [-0.39, 0.29) is 6.71 Å². The van der Waals surface area contributed by atoms with Crippen LogP contribution in [0, 0.1) is 0 Å². The first-order chi connectivity index (χ1) is 27.3. The molecule has 0 fully saturated rings. The quantitative estimate of drug-likeness (QED) is 0.171. The fraction of sp³-hybridized carbons (Fsp3) is 0. The van der Waals surface area contributed by atoms with Crippen molar-refractivity contribution >= 4 is 106 Å². The molecular weight excluding hydrogens is 667 g/mol. The van der Waals surface area contributed by atoms with Crippen LogP contribution >= 0.6 is 0 Å². The van der Waals surface area contributed by atoms with Gasteiger partial charge in [-0.05, 0) is 89.2 Å². The van der Waals surface area contributed by atoms with E-state index in [0.717, 1.165) is 17.1 Å². The van der Waals surface area contributed by atoms with Gasteiger partial charge in [0.1, 0.15) is 0 Å². The zero-order valence-corrected chi connectivity index (χ0v) is 29.8. The van der Waals surface area contributed by atoms with Gasteiger partial charge in [-0.3, -0.25) is 0 Å². The van der Waals surface area contributed by atoms with E-state index in [2.05, 4.69) is 207 Å². The Bertz CT molecular complexity index is 3330. The van der Waals surface area contributed by atoms with Gasteiger partial charge >= 0.3 is 0 Å². The highest BCUT2D eigenvalue weighted by Gasteiger charge is 2.44. The second-order valence-electron chi connectivity index (χ2n) is 14.9. The average Bonchev–Trinajstić information content (AvgIpc) is 3.94. The standard InChI is InChI=1S/C50H31BN4/c1-4-14-33(15-5-1)52-29-28-32-26-27-40-50(48(32)52)54(35-18-8-3-9-19-35)44-25-13-24-43-47(44)51(40)41-31-45-39(30-46(41)53(43)34-16-6-2-7-17-34)38-22-12-21-37-36-20-10-11-23-42(36)55(45)49(37)38/h1-31H. The van der Waals surface area contributed by atoms with E-state index in [1.807, 2.05) is 0 Å². The van der Waals surface area contributed by atoms with E-state index in [4.69, 9.17) is 0 Å². The third kappa shape index (κ3) is 3.77. The predicted octanol–water partition coefficient (Wildman–Crippen LogP) is 10.9. The average molecular weight is 699 g/mol. The Hall–Kier alpha value is -7.24. The number of aromatic nitrogens is 2. The van der Waals surface area contributed by atoms with E-state index < -0.39 is 0 Å². The van der Waals surface area contributed by atoms with E-state index >= 15 is 0 Å². The highest BCUT2D eigenvalue weighted by atomic mass is 15.2. The van der Waals surface area contributed by atoms with Crippen molar-refractivity contribution in [1.82, 2.24) is 8.97 Å². The SMILES string of the molecule is c1ccc(N2c3cc4c5cccc6c7ccccc7n(c4cc3B3c4ccc7ccn(-c8ccccc8)c7c4N(c4ccccc4)c4cccc2c43)c65)cc1. The van der Waals surface area contributed by atoms with Gasteiger partial charge in [0.2, 0.25) is 0 Å². The summed E-state index contributed by atoms with van der Waals surface area (Å²) >= 11 is 0. The molecule has 0 saturated heterocycles. The Kier molecular flexibility index (Phi) is 5.68. The Morgan fingerprint density at radius 1 is 0.382 bits per heavy atom. The van der Waals surface area contributed by atoms with Gasteiger partial charge in [-0.1, -0.05) is 109 Å². The number of para-hydroxylation sites is 5. The summed E-state index contributed by atoms with van der Waals surface area (Å²) in [5, 5.41) is 6.39. The number of nitrogens with zero attached hydrogens (tertiary/aromatic N) is 4. The summed E-state index contributed by atoms with van der Waals surface area (Å²) in [6, 6.07) is 67.2. The van der Waals surface area contributed by atoms with Gasteiger partial charge in [-0.15, -0.1) is 0 Å². The van der Waals surface area contributed by atoms with Gasteiger partial charge < -0.3 is 18.8 Å². The summed E-state index contributed by atoms with van der Waals surface area (Å²) in [5.74, 6) is 0. The summed E-state index contributed by atoms with van der Waals surface area (Å²) in [5.41, 5.74) is 17.3. The molecule has 0 bridgehead atoms. The fourth-order valence-electron chi connectivity index (χ4n) is 10.1. The molecule has 0 N–H and O–H groups in total. The molecule has 13 rings (SSSR count). The van der Waals surface area contributed by atoms with Crippen LogP contribution in [-0.2, 0) is 0 Å². The third-order valence-corrected chi connectivity index (χ3v) is 12.2. The van der Waals surface area contributed by atoms with Gasteiger partial charge in [-0.2, -0.15) is 0 Å². The van der Waals surface area contributed by atoms with Crippen LogP contribution in [0.3, 0.4) is 0 Å². The van der Waals surface area contributed by atoms with Crippen molar-refractivity contribution in [2.24, 2.45) is 0 Å². The highest BCUT2D eigenvalue weighted by molar-refractivity contribution is 7.00. The molecule has 2 aliphatic rings. The molecule has 0 spiro atoms. The summed E-state index contributed by atoms with van der Waals surface area (Å²) in [6.45, 7) is -0.00835. The molecule has 0 unspecified atom stereocenters. The molecule has 3 aromatic heterocycles. The van der Waals surface area contributed by atoms with Crippen molar-refractivity contribution in [3.63, 3.8) is 0 Å². The minimum Gasteiger partial charge on any atom is -0.315 e. The van der Waals surface area contributed by atoms with Crippen molar-refractivity contribution in [2.75, 3.05) is 9.80 Å².